The Morgan fingerprint density at radius 2 is 2.26 bits per heavy atom. The third-order valence-electron chi connectivity index (χ3n) is 2.69. The first-order chi connectivity index (χ1) is 8.97. The normalized spacial score (nSPS) is 12.5. The average molecular weight is 306 g/mol. The highest BCUT2D eigenvalue weighted by molar-refractivity contribution is 7.80. The van der Waals surface area contributed by atoms with E-state index in [4.69, 9.17) is 16.3 Å². The minimum Gasteiger partial charge on any atom is -0.468 e. The molecular formula is C12H20ClN3O2S. The van der Waals surface area contributed by atoms with Crippen molar-refractivity contribution in [1.82, 2.24) is 15.3 Å². The lowest BCUT2D eigenvalue weighted by Gasteiger charge is -2.16. The molecule has 1 heterocycles. The summed E-state index contributed by atoms with van der Waals surface area (Å²) in [5.41, 5.74) is 0.634. The van der Waals surface area contributed by atoms with Gasteiger partial charge in [0.05, 0.1) is 19.3 Å². The zero-order valence-corrected chi connectivity index (χ0v) is 13.0. The number of thiol groups is 1. The Hall–Kier alpha value is -0.880. The third kappa shape index (κ3) is 4.95. The molecule has 0 saturated carbocycles. The smallest absolute Gasteiger partial charge is 0.295 e. The van der Waals surface area contributed by atoms with Crippen LogP contribution < -0.4 is 10.1 Å². The van der Waals surface area contributed by atoms with Crippen molar-refractivity contribution in [1.29, 1.82) is 0 Å². The van der Waals surface area contributed by atoms with Gasteiger partial charge in [-0.15, -0.1) is 0 Å². The van der Waals surface area contributed by atoms with Crippen molar-refractivity contribution in [2.75, 3.05) is 12.9 Å². The molecule has 1 aromatic heterocycles. The van der Waals surface area contributed by atoms with Crippen molar-refractivity contribution in [3.05, 3.63) is 10.8 Å². The van der Waals surface area contributed by atoms with Gasteiger partial charge in [-0.2, -0.15) is 17.6 Å². The maximum absolute atomic E-state index is 12.0. The fraction of sp³-hybridized carbons (Fsp3) is 0.667. The Bertz CT molecular complexity index is 423. The molecule has 0 aromatic carbocycles. The standard InChI is InChI=1S/C12H20ClN3O2S/c1-7(2)4-8(6-19)11(17)14-5-9-10(13)16-12(15-9)18-3/h7-8,19H,4-6H2,1-3H3,(H,14,17)(H,15,16)/t8-/m1/s1. The van der Waals surface area contributed by atoms with Gasteiger partial charge in [0.1, 0.15) is 0 Å². The Morgan fingerprint density at radius 1 is 1.58 bits per heavy atom. The van der Waals surface area contributed by atoms with Crippen LogP contribution in [0.3, 0.4) is 0 Å². The Morgan fingerprint density at radius 3 is 2.74 bits per heavy atom. The summed E-state index contributed by atoms with van der Waals surface area (Å²) >= 11 is 10.1. The number of aromatic amines is 1. The van der Waals surface area contributed by atoms with Crippen LogP contribution >= 0.6 is 24.2 Å². The zero-order valence-electron chi connectivity index (χ0n) is 11.4. The summed E-state index contributed by atoms with van der Waals surface area (Å²) in [6.07, 6.45) is 0.815. The molecule has 0 aliphatic rings. The summed E-state index contributed by atoms with van der Waals surface area (Å²) in [5.74, 6) is 0.878. The molecule has 0 aliphatic carbocycles. The largest absolute Gasteiger partial charge is 0.468 e. The van der Waals surface area contributed by atoms with E-state index in [9.17, 15) is 4.79 Å². The Labute approximate surface area is 123 Å². The second-order valence-corrected chi connectivity index (χ2v) is 5.47. The highest BCUT2D eigenvalue weighted by Gasteiger charge is 2.18. The Balaban J connectivity index is 2.54. The topological polar surface area (TPSA) is 67.0 Å². The van der Waals surface area contributed by atoms with Crippen molar-refractivity contribution in [3.63, 3.8) is 0 Å². The zero-order chi connectivity index (χ0) is 14.4. The number of methoxy groups -OCH3 is 1. The summed E-state index contributed by atoms with van der Waals surface area (Å²) in [6.45, 7) is 4.47. The van der Waals surface area contributed by atoms with Crippen molar-refractivity contribution in [3.8, 4) is 6.01 Å². The minimum absolute atomic E-state index is 0.0201. The first-order valence-electron chi connectivity index (χ1n) is 6.14. The Kier molecular flexibility index (Phi) is 6.51. The van der Waals surface area contributed by atoms with E-state index >= 15 is 0 Å². The van der Waals surface area contributed by atoms with Gasteiger partial charge in [0.25, 0.3) is 6.01 Å². The second kappa shape index (κ2) is 7.65. The number of aromatic nitrogens is 2. The van der Waals surface area contributed by atoms with E-state index in [0.29, 0.717) is 35.1 Å². The molecule has 0 spiro atoms. The van der Waals surface area contributed by atoms with E-state index in [2.05, 4.69) is 41.8 Å². The molecular weight excluding hydrogens is 286 g/mol. The third-order valence-corrected chi connectivity index (χ3v) is 3.44. The van der Waals surface area contributed by atoms with E-state index in [1.165, 1.54) is 7.11 Å². The predicted molar refractivity (Wildman–Crippen MR) is 78.8 cm³/mol. The van der Waals surface area contributed by atoms with Crippen molar-refractivity contribution in [2.45, 2.75) is 26.8 Å². The number of carbonyl (C=O) groups excluding carboxylic acids is 1. The monoisotopic (exact) mass is 305 g/mol. The number of nitrogens with one attached hydrogen (secondary N) is 2. The molecule has 0 radical (unpaired) electrons. The van der Waals surface area contributed by atoms with Gasteiger partial charge in [0.15, 0.2) is 5.15 Å². The van der Waals surface area contributed by atoms with Gasteiger partial charge in [-0.1, -0.05) is 25.4 Å². The molecule has 0 fully saturated rings. The van der Waals surface area contributed by atoms with E-state index in [1.807, 2.05) is 0 Å². The van der Waals surface area contributed by atoms with Crippen molar-refractivity contribution in [2.24, 2.45) is 11.8 Å². The van der Waals surface area contributed by atoms with Crippen molar-refractivity contribution >= 4 is 30.1 Å². The summed E-state index contributed by atoms with van der Waals surface area (Å²) < 4.78 is 4.93. The van der Waals surface area contributed by atoms with Gasteiger partial charge in [-0.05, 0) is 12.3 Å². The maximum atomic E-state index is 12.0. The molecule has 1 amide bonds. The second-order valence-electron chi connectivity index (χ2n) is 4.74. The van der Waals surface area contributed by atoms with Gasteiger partial charge >= 0.3 is 0 Å². The van der Waals surface area contributed by atoms with Crippen LogP contribution in [0, 0.1) is 11.8 Å². The molecule has 1 rings (SSSR count). The molecule has 0 aliphatic heterocycles. The molecule has 1 atom stereocenters. The quantitative estimate of drug-likeness (QED) is 0.677. The number of hydrogen-bond acceptors (Lipinski definition) is 4. The summed E-state index contributed by atoms with van der Waals surface area (Å²) in [4.78, 5) is 18.8. The van der Waals surface area contributed by atoms with Crippen LogP contribution in [0.2, 0.25) is 5.15 Å². The molecule has 7 heteroatoms. The van der Waals surface area contributed by atoms with Gasteiger partial charge < -0.3 is 15.0 Å². The molecule has 0 unspecified atom stereocenters. The molecule has 1 aromatic rings. The van der Waals surface area contributed by atoms with E-state index in [-0.39, 0.29) is 11.8 Å². The first kappa shape index (κ1) is 16.2. The van der Waals surface area contributed by atoms with Crippen molar-refractivity contribution < 1.29 is 9.53 Å². The number of halogens is 1. The lowest BCUT2D eigenvalue weighted by molar-refractivity contribution is -0.124. The molecule has 2 N–H and O–H groups in total. The number of ether oxygens (including phenoxy) is 1. The van der Waals surface area contributed by atoms with Crippen LogP contribution in [0.15, 0.2) is 0 Å². The summed E-state index contributed by atoms with van der Waals surface area (Å²) in [7, 11) is 1.50. The number of rotatable bonds is 7. The molecule has 5 nitrogen and oxygen atoms in total. The van der Waals surface area contributed by atoms with Crippen LogP contribution in [0.1, 0.15) is 26.0 Å². The number of amides is 1. The van der Waals surface area contributed by atoms with Crippen LogP contribution in [0.5, 0.6) is 6.01 Å². The predicted octanol–water partition coefficient (Wildman–Crippen LogP) is 2.28. The molecule has 0 saturated heterocycles. The number of nitrogens with zero attached hydrogens (tertiary/aromatic N) is 1. The molecule has 0 bridgehead atoms. The number of H-pyrrole nitrogens is 1. The van der Waals surface area contributed by atoms with Crippen LogP contribution in [-0.2, 0) is 11.3 Å². The minimum atomic E-state index is -0.0908. The highest BCUT2D eigenvalue weighted by Crippen LogP contribution is 2.17. The molecule has 19 heavy (non-hydrogen) atoms. The molecule has 108 valence electrons. The fourth-order valence-electron chi connectivity index (χ4n) is 1.73. The summed E-state index contributed by atoms with van der Waals surface area (Å²) in [5, 5.41) is 3.14. The average Bonchev–Trinajstić information content (AvgIpc) is 2.73. The van der Waals surface area contributed by atoms with E-state index in [0.717, 1.165) is 6.42 Å². The lowest BCUT2D eigenvalue weighted by atomic mass is 9.98. The number of hydrogen-bond donors (Lipinski definition) is 3. The van der Waals surface area contributed by atoms with Crippen LogP contribution in [0.4, 0.5) is 0 Å². The lowest BCUT2D eigenvalue weighted by Crippen LogP contribution is -2.32. The van der Waals surface area contributed by atoms with Gasteiger partial charge in [0.2, 0.25) is 5.91 Å². The number of imidazole rings is 1. The van der Waals surface area contributed by atoms with Crippen LogP contribution in [-0.4, -0.2) is 28.7 Å². The fourth-order valence-corrected chi connectivity index (χ4v) is 2.24. The van der Waals surface area contributed by atoms with E-state index < -0.39 is 0 Å². The highest BCUT2D eigenvalue weighted by atomic mass is 35.5. The summed E-state index contributed by atoms with van der Waals surface area (Å²) in [6, 6.07) is 0.335. The van der Waals surface area contributed by atoms with Gasteiger partial charge in [-0.3, -0.25) is 4.79 Å². The SMILES string of the molecule is COc1nc(Cl)c(CNC(=O)[C@@H](CS)CC(C)C)[nH]1. The number of carbonyl (C=O) groups is 1. The van der Waals surface area contributed by atoms with E-state index in [1.54, 1.807) is 0 Å². The van der Waals surface area contributed by atoms with Gasteiger partial charge in [0, 0.05) is 11.7 Å². The maximum Gasteiger partial charge on any atom is 0.295 e. The van der Waals surface area contributed by atoms with Gasteiger partial charge in [-0.25, -0.2) is 0 Å². The van der Waals surface area contributed by atoms with Crippen LogP contribution in [0.25, 0.3) is 0 Å². The first-order valence-corrected chi connectivity index (χ1v) is 7.15.